The Bertz CT molecular complexity index is 651. The van der Waals surface area contributed by atoms with Crippen LogP contribution >= 0.6 is 0 Å². The second-order valence-electron chi connectivity index (χ2n) is 4.07. The number of nitrogen functional groups attached to an aromatic ring is 1. The number of anilines is 1. The van der Waals surface area contributed by atoms with Crippen molar-refractivity contribution in [3.05, 3.63) is 40.7 Å². The molecule has 2 rings (SSSR count). The Morgan fingerprint density at radius 3 is 2.65 bits per heavy atom. The van der Waals surface area contributed by atoms with E-state index in [4.69, 9.17) is 5.73 Å². The van der Waals surface area contributed by atoms with Gasteiger partial charge in [0.15, 0.2) is 0 Å². The molecule has 0 atom stereocenters. The van der Waals surface area contributed by atoms with Crippen LogP contribution in [0.25, 0.3) is 11.1 Å². The molecule has 9 heteroatoms. The van der Waals surface area contributed by atoms with E-state index in [-0.39, 0.29) is 11.4 Å². The van der Waals surface area contributed by atoms with E-state index < -0.39 is 17.6 Å². The summed E-state index contributed by atoms with van der Waals surface area (Å²) in [4.78, 5) is 10.1. The van der Waals surface area contributed by atoms with Gasteiger partial charge in [0.1, 0.15) is 12.2 Å². The van der Waals surface area contributed by atoms with Crippen LogP contribution in [0.4, 0.5) is 24.5 Å². The van der Waals surface area contributed by atoms with Crippen molar-refractivity contribution in [1.29, 1.82) is 0 Å². The van der Waals surface area contributed by atoms with E-state index in [2.05, 4.69) is 5.10 Å². The van der Waals surface area contributed by atoms with Gasteiger partial charge in [0.2, 0.25) is 0 Å². The molecule has 0 aliphatic heterocycles. The van der Waals surface area contributed by atoms with Gasteiger partial charge in [-0.2, -0.15) is 18.3 Å². The van der Waals surface area contributed by atoms with Gasteiger partial charge in [-0.25, -0.2) is 0 Å². The largest absolute Gasteiger partial charge is 0.408 e. The van der Waals surface area contributed by atoms with Crippen molar-refractivity contribution in [2.24, 2.45) is 0 Å². The first-order chi connectivity index (χ1) is 9.26. The molecule has 106 valence electrons. The van der Waals surface area contributed by atoms with Crippen molar-refractivity contribution in [3.8, 4) is 11.1 Å². The first kappa shape index (κ1) is 13.8. The van der Waals surface area contributed by atoms with E-state index in [1.54, 1.807) is 0 Å². The van der Waals surface area contributed by atoms with Crippen molar-refractivity contribution in [3.63, 3.8) is 0 Å². The molecule has 1 aromatic carbocycles. The number of nitrogens with two attached hydrogens (primary N) is 1. The minimum absolute atomic E-state index is 0.0126. The van der Waals surface area contributed by atoms with Gasteiger partial charge in [-0.05, 0) is 11.6 Å². The molecule has 0 saturated heterocycles. The molecule has 1 aromatic heterocycles. The standard InChI is InChI=1S/C11H9F3N4O2/c12-11(13,14)6-17-5-8(4-16-17)7-1-2-9(15)10(3-7)18(19)20/h1-5H,6,15H2. The van der Waals surface area contributed by atoms with Gasteiger partial charge in [0.05, 0.1) is 11.1 Å². The molecule has 20 heavy (non-hydrogen) atoms. The van der Waals surface area contributed by atoms with Gasteiger partial charge in [-0.3, -0.25) is 14.8 Å². The lowest BCUT2D eigenvalue weighted by Gasteiger charge is -2.05. The van der Waals surface area contributed by atoms with Gasteiger partial charge >= 0.3 is 6.18 Å². The van der Waals surface area contributed by atoms with Crippen molar-refractivity contribution in [2.45, 2.75) is 12.7 Å². The molecule has 0 unspecified atom stereocenters. The summed E-state index contributed by atoms with van der Waals surface area (Å²) in [6, 6.07) is 4.01. The summed E-state index contributed by atoms with van der Waals surface area (Å²) in [5, 5.41) is 14.3. The normalized spacial score (nSPS) is 11.6. The van der Waals surface area contributed by atoms with Crippen LogP contribution in [0, 0.1) is 10.1 Å². The SMILES string of the molecule is Nc1ccc(-c2cnn(CC(F)(F)F)c2)cc1[N+](=O)[O-]. The molecule has 6 nitrogen and oxygen atoms in total. The summed E-state index contributed by atoms with van der Waals surface area (Å²) in [7, 11) is 0. The first-order valence-corrected chi connectivity index (χ1v) is 5.40. The number of nitrogens with zero attached hydrogens (tertiary/aromatic N) is 3. The molecule has 2 N–H and O–H groups in total. The fraction of sp³-hybridized carbons (Fsp3) is 0.182. The highest BCUT2D eigenvalue weighted by Crippen LogP contribution is 2.28. The van der Waals surface area contributed by atoms with E-state index in [0.717, 1.165) is 4.68 Å². The molecule has 0 radical (unpaired) electrons. The van der Waals surface area contributed by atoms with Gasteiger partial charge < -0.3 is 5.73 Å². The summed E-state index contributed by atoms with van der Waals surface area (Å²) in [6.07, 6.45) is -2.00. The van der Waals surface area contributed by atoms with Crippen LogP contribution in [-0.2, 0) is 6.54 Å². The third-order valence-corrected chi connectivity index (χ3v) is 2.53. The smallest absolute Gasteiger partial charge is 0.393 e. The Morgan fingerprint density at radius 2 is 2.05 bits per heavy atom. The van der Waals surface area contributed by atoms with Gasteiger partial charge in [0, 0.05) is 17.8 Å². The number of halogens is 3. The number of hydrogen-bond donors (Lipinski definition) is 1. The van der Waals surface area contributed by atoms with Crippen molar-refractivity contribution >= 4 is 11.4 Å². The zero-order valence-corrected chi connectivity index (χ0v) is 9.96. The van der Waals surface area contributed by atoms with Crippen molar-refractivity contribution < 1.29 is 18.1 Å². The molecule has 0 fully saturated rings. The number of nitro benzene ring substituents is 1. The number of benzene rings is 1. The second-order valence-corrected chi connectivity index (χ2v) is 4.07. The maximum absolute atomic E-state index is 12.2. The quantitative estimate of drug-likeness (QED) is 0.533. The molecule has 0 aliphatic rings. The lowest BCUT2D eigenvalue weighted by Crippen LogP contribution is -2.17. The maximum Gasteiger partial charge on any atom is 0.408 e. The molecule has 2 aromatic rings. The Balaban J connectivity index is 2.33. The molecular formula is C11H9F3N4O2. The predicted molar refractivity (Wildman–Crippen MR) is 64.8 cm³/mol. The number of nitro groups is 1. The summed E-state index contributed by atoms with van der Waals surface area (Å²) in [5.74, 6) is 0. The van der Waals surface area contributed by atoms with E-state index in [1.165, 1.54) is 30.6 Å². The summed E-state index contributed by atoms with van der Waals surface area (Å²) >= 11 is 0. The lowest BCUT2D eigenvalue weighted by atomic mass is 10.1. The minimum atomic E-state index is -4.38. The lowest BCUT2D eigenvalue weighted by molar-refractivity contribution is -0.383. The maximum atomic E-state index is 12.2. The van der Waals surface area contributed by atoms with E-state index >= 15 is 0 Å². The minimum Gasteiger partial charge on any atom is -0.393 e. The highest BCUT2D eigenvalue weighted by molar-refractivity contribution is 5.71. The van der Waals surface area contributed by atoms with Crippen molar-refractivity contribution in [1.82, 2.24) is 9.78 Å². The topological polar surface area (TPSA) is 87.0 Å². The van der Waals surface area contributed by atoms with Crippen LogP contribution in [0.3, 0.4) is 0 Å². The molecule has 0 bridgehead atoms. The van der Waals surface area contributed by atoms with Crippen LogP contribution in [0.15, 0.2) is 30.6 Å². The summed E-state index contributed by atoms with van der Waals surface area (Å²) in [5.41, 5.74) is 5.85. The predicted octanol–water partition coefficient (Wildman–Crippen LogP) is 2.60. The van der Waals surface area contributed by atoms with E-state index in [1.807, 2.05) is 0 Å². The fourth-order valence-electron chi connectivity index (χ4n) is 1.66. The number of hydrogen-bond acceptors (Lipinski definition) is 4. The van der Waals surface area contributed by atoms with Crippen LogP contribution in [-0.4, -0.2) is 20.9 Å². The Labute approximate surface area is 110 Å². The monoisotopic (exact) mass is 286 g/mol. The Morgan fingerprint density at radius 1 is 1.35 bits per heavy atom. The number of rotatable bonds is 3. The van der Waals surface area contributed by atoms with Crippen LogP contribution < -0.4 is 5.73 Å². The van der Waals surface area contributed by atoms with Crippen LogP contribution in [0.2, 0.25) is 0 Å². The van der Waals surface area contributed by atoms with Gasteiger partial charge in [-0.1, -0.05) is 6.07 Å². The molecule has 0 saturated carbocycles. The summed E-state index contributed by atoms with van der Waals surface area (Å²) in [6.45, 7) is -1.22. The second kappa shape index (κ2) is 4.83. The highest BCUT2D eigenvalue weighted by Gasteiger charge is 2.28. The molecule has 0 spiro atoms. The van der Waals surface area contributed by atoms with E-state index in [0.29, 0.717) is 11.1 Å². The zero-order valence-electron chi connectivity index (χ0n) is 9.96. The Hall–Kier alpha value is -2.58. The molecular weight excluding hydrogens is 277 g/mol. The van der Waals surface area contributed by atoms with E-state index in [9.17, 15) is 23.3 Å². The summed E-state index contributed by atoms with van der Waals surface area (Å²) < 4.78 is 37.3. The van der Waals surface area contributed by atoms with Gasteiger partial charge in [0.25, 0.3) is 5.69 Å². The zero-order chi connectivity index (χ0) is 14.9. The Kier molecular flexibility index (Phi) is 3.35. The highest BCUT2D eigenvalue weighted by atomic mass is 19.4. The molecule has 0 aliphatic carbocycles. The number of aromatic nitrogens is 2. The number of alkyl halides is 3. The molecule has 1 heterocycles. The van der Waals surface area contributed by atoms with Crippen LogP contribution in [0.1, 0.15) is 0 Å². The third kappa shape index (κ3) is 3.05. The average molecular weight is 286 g/mol. The first-order valence-electron chi connectivity index (χ1n) is 5.40. The fourth-order valence-corrected chi connectivity index (χ4v) is 1.66. The van der Waals surface area contributed by atoms with Crippen LogP contribution in [0.5, 0.6) is 0 Å². The van der Waals surface area contributed by atoms with Gasteiger partial charge in [-0.15, -0.1) is 0 Å². The average Bonchev–Trinajstić information content (AvgIpc) is 2.75. The molecule has 0 amide bonds. The third-order valence-electron chi connectivity index (χ3n) is 2.53. The van der Waals surface area contributed by atoms with Crippen molar-refractivity contribution in [2.75, 3.05) is 5.73 Å².